The highest BCUT2D eigenvalue weighted by Crippen LogP contribution is 2.24. The van der Waals surface area contributed by atoms with Crippen molar-refractivity contribution in [3.05, 3.63) is 29.8 Å². The molecule has 23 heavy (non-hydrogen) atoms. The monoisotopic (exact) mass is 341 g/mol. The van der Waals surface area contributed by atoms with Crippen molar-refractivity contribution in [2.45, 2.75) is 38.4 Å². The lowest BCUT2D eigenvalue weighted by Gasteiger charge is -2.25. The number of amides is 2. The van der Waals surface area contributed by atoms with Crippen LogP contribution in [0.25, 0.3) is 0 Å². The van der Waals surface area contributed by atoms with Gasteiger partial charge in [0.15, 0.2) is 0 Å². The van der Waals surface area contributed by atoms with Gasteiger partial charge in [-0.3, -0.25) is 9.59 Å². The third kappa shape index (κ3) is 5.20. The Balaban J connectivity index is 0.00000264. The first-order valence-corrected chi connectivity index (χ1v) is 7.53. The Kier molecular flexibility index (Phi) is 7.48. The summed E-state index contributed by atoms with van der Waals surface area (Å²) in [5.41, 5.74) is 12.6. The Morgan fingerprint density at radius 2 is 2.09 bits per heavy atom. The van der Waals surface area contributed by atoms with Crippen LogP contribution in [0.5, 0.6) is 0 Å². The molecule has 0 radical (unpaired) electrons. The zero-order valence-electron chi connectivity index (χ0n) is 13.2. The number of hydrogen-bond acceptors (Lipinski definition) is 4. The van der Waals surface area contributed by atoms with Crippen molar-refractivity contribution in [3.63, 3.8) is 0 Å². The summed E-state index contributed by atoms with van der Waals surface area (Å²) in [6, 6.07) is 7.60. The summed E-state index contributed by atoms with van der Waals surface area (Å²) in [6.07, 6.45) is 0.989. The molecule has 1 aromatic carbocycles. The standard InChI is InChI=1S/C16H23N3O3.ClH/c1-11-3-2-4-12(9-11)19(8-7-15(18)20)16(21)14-6-5-13(10-17)22-14;/h2-4,9,13-14H,5-8,10,17H2,1H3,(H2,18,20);1H/t13-,14+;/m1./s1. The van der Waals surface area contributed by atoms with Crippen molar-refractivity contribution in [1.82, 2.24) is 0 Å². The smallest absolute Gasteiger partial charge is 0.256 e. The quantitative estimate of drug-likeness (QED) is 0.810. The second kappa shape index (κ2) is 8.86. The molecule has 0 aliphatic carbocycles. The van der Waals surface area contributed by atoms with Crippen LogP contribution in [0.3, 0.4) is 0 Å². The summed E-state index contributed by atoms with van der Waals surface area (Å²) in [4.78, 5) is 25.4. The molecule has 0 spiro atoms. The first kappa shape index (κ1) is 19.4. The molecular formula is C16H24ClN3O3. The van der Waals surface area contributed by atoms with Gasteiger partial charge >= 0.3 is 0 Å². The third-order valence-electron chi connectivity index (χ3n) is 3.81. The summed E-state index contributed by atoms with van der Waals surface area (Å²) in [6.45, 7) is 2.62. The fourth-order valence-electron chi connectivity index (χ4n) is 2.62. The van der Waals surface area contributed by atoms with E-state index >= 15 is 0 Å². The van der Waals surface area contributed by atoms with E-state index in [2.05, 4.69) is 0 Å². The van der Waals surface area contributed by atoms with E-state index < -0.39 is 12.0 Å². The minimum atomic E-state index is -0.498. The molecule has 2 rings (SSSR count). The number of benzene rings is 1. The zero-order valence-corrected chi connectivity index (χ0v) is 14.1. The fourth-order valence-corrected chi connectivity index (χ4v) is 2.62. The van der Waals surface area contributed by atoms with E-state index in [1.54, 1.807) is 4.90 Å². The van der Waals surface area contributed by atoms with E-state index in [1.165, 1.54) is 0 Å². The first-order valence-electron chi connectivity index (χ1n) is 7.53. The van der Waals surface area contributed by atoms with Crippen molar-refractivity contribution >= 4 is 29.9 Å². The maximum atomic E-state index is 12.7. The second-order valence-corrected chi connectivity index (χ2v) is 5.60. The Labute approximate surface area is 142 Å². The number of nitrogens with zero attached hydrogens (tertiary/aromatic N) is 1. The van der Waals surface area contributed by atoms with Crippen LogP contribution in [0.15, 0.2) is 24.3 Å². The van der Waals surface area contributed by atoms with Crippen LogP contribution in [-0.4, -0.2) is 37.1 Å². The topological polar surface area (TPSA) is 98.7 Å². The number of anilines is 1. The average Bonchev–Trinajstić information content (AvgIpc) is 2.96. The molecule has 2 atom stereocenters. The molecule has 4 N–H and O–H groups in total. The molecule has 0 saturated carbocycles. The van der Waals surface area contributed by atoms with Crippen molar-refractivity contribution in [2.75, 3.05) is 18.0 Å². The summed E-state index contributed by atoms with van der Waals surface area (Å²) >= 11 is 0. The SMILES string of the molecule is Cc1cccc(N(CCC(N)=O)C(=O)[C@@H]2CC[C@H](CN)O2)c1.Cl. The Hall–Kier alpha value is -1.63. The average molecular weight is 342 g/mol. The molecule has 1 heterocycles. The number of primary amides is 1. The van der Waals surface area contributed by atoms with Crippen molar-refractivity contribution in [3.8, 4) is 0 Å². The normalized spacial score (nSPS) is 19.9. The lowest BCUT2D eigenvalue weighted by atomic mass is 10.1. The van der Waals surface area contributed by atoms with Gasteiger partial charge in [-0.1, -0.05) is 12.1 Å². The molecule has 1 aromatic rings. The lowest BCUT2D eigenvalue weighted by Crippen LogP contribution is -2.41. The molecule has 0 unspecified atom stereocenters. The van der Waals surface area contributed by atoms with Gasteiger partial charge in [-0.25, -0.2) is 0 Å². The van der Waals surface area contributed by atoms with Crippen LogP contribution in [0.4, 0.5) is 5.69 Å². The largest absolute Gasteiger partial charge is 0.370 e. The Bertz CT molecular complexity index is 553. The van der Waals surface area contributed by atoms with E-state index in [1.807, 2.05) is 31.2 Å². The van der Waals surface area contributed by atoms with Crippen LogP contribution in [0, 0.1) is 6.92 Å². The lowest BCUT2D eigenvalue weighted by molar-refractivity contribution is -0.129. The predicted molar refractivity (Wildman–Crippen MR) is 91.5 cm³/mol. The van der Waals surface area contributed by atoms with E-state index in [4.69, 9.17) is 16.2 Å². The predicted octanol–water partition coefficient (Wildman–Crippen LogP) is 1.13. The van der Waals surface area contributed by atoms with E-state index in [-0.39, 0.29) is 37.4 Å². The van der Waals surface area contributed by atoms with Gasteiger partial charge in [0.05, 0.1) is 6.10 Å². The summed E-state index contributed by atoms with van der Waals surface area (Å²) in [5, 5.41) is 0. The minimum absolute atomic E-state index is 0. The first-order chi connectivity index (χ1) is 10.5. The van der Waals surface area contributed by atoms with Crippen molar-refractivity contribution < 1.29 is 14.3 Å². The Morgan fingerprint density at radius 1 is 1.35 bits per heavy atom. The van der Waals surface area contributed by atoms with Crippen LogP contribution < -0.4 is 16.4 Å². The van der Waals surface area contributed by atoms with Gasteiger partial charge < -0.3 is 21.1 Å². The number of carbonyl (C=O) groups excluding carboxylic acids is 2. The fraction of sp³-hybridized carbons (Fsp3) is 0.500. The molecule has 2 amide bonds. The van der Waals surface area contributed by atoms with Crippen molar-refractivity contribution in [2.24, 2.45) is 11.5 Å². The van der Waals surface area contributed by atoms with Crippen LogP contribution in [0.1, 0.15) is 24.8 Å². The van der Waals surface area contributed by atoms with Gasteiger partial charge in [-0.15, -0.1) is 12.4 Å². The van der Waals surface area contributed by atoms with Crippen molar-refractivity contribution in [1.29, 1.82) is 0 Å². The molecule has 128 valence electrons. The third-order valence-corrected chi connectivity index (χ3v) is 3.81. The number of ether oxygens (including phenoxy) is 1. The van der Waals surface area contributed by atoms with Gasteiger partial charge in [-0.05, 0) is 37.5 Å². The van der Waals surface area contributed by atoms with E-state index in [9.17, 15) is 9.59 Å². The molecular weight excluding hydrogens is 318 g/mol. The van der Waals surface area contributed by atoms with Gasteiger partial charge in [0.25, 0.3) is 5.91 Å². The molecule has 6 nitrogen and oxygen atoms in total. The molecule has 1 saturated heterocycles. The van der Waals surface area contributed by atoms with Crippen LogP contribution in [-0.2, 0) is 14.3 Å². The molecule has 0 bridgehead atoms. The molecule has 1 fully saturated rings. The van der Waals surface area contributed by atoms with Crippen LogP contribution >= 0.6 is 12.4 Å². The number of nitrogens with two attached hydrogens (primary N) is 2. The van der Waals surface area contributed by atoms with Gasteiger partial charge in [0.1, 0.15) is 6.10 Å². The van der Waals surface area contributed by atoms with E-state index in [0.29, 0.717) is 13.0 Å². The highest BCUT2D eigenvalue weighted by atomic mass is 35.5. The van der Waals surface area contributed by atoms with Gasteiger partial charge in [0, 0.05) is 25.2 Å². The van der Waals surface area contributed by atoms with Gasteiger partial charge in [0.2, 0.25) is 5.91 Å². The summed E-state index contributed by atoms with van der Waals surface area (Å²) in [7, 11) is 0. The maximum absolute atomic E-state index is 12.7. The highest BCUT2D eigenvalue weighted by Gasteiger charge is 2.33. The number of hydrogen-bond donors (Lipinski definition) is 2. The summed E-state index contributed by atoms with van der Waals surface area (Å²) < 4.78 is 5.68. The number of carbonyl (C=O) groups is 2. The number of rotatable bonds is 6. The zero-order chi connectivity index (χ0) is 16.1. The highest BCUT2D eigenvalue weighted by molar-refractivity contribution is 5.97. The Morgan fingerprint density at radius 3 is 2.65 bits per heavy atom. The molecule has 7 heteroatoms. The van der Waals surface area contributed by atoms with E-state index in [0.717, 1.165) is 17.7 Å². The molecule has 1 aliphatic rings. The second-order valence-electron chi connectivity index (χ2n) is 5.60. The van der Waals surface area contributed by atoms with Gasteiger partial charge in [-0.2, -0.15) is 0 Å². The molecule has 1 aliphatic heterocycles. The maximum Gasteiger partial charge on any atom is 0.256 e. The summed E-state index contributed by atoms with van der Waals surface area (Å²) in [5.74, 6) is -0.569. The number of halogens is 1. The van der Waals surface area contributed by atoms with Crippen LogP contribution in [0.2, 0.25) is 0 Å². The minimum Gasteiger partial charge on any atom is -0.370 e. The molecule has 0 aromatic heterocycles. The number of aryl methyl sites for hydroxylation is 1.